The second-order valence-corrected chi connectivity index (χ2v) is 16.0. The molecule has 0 aliphatic rings. The summed E-state index contributed by atoms with van der Waals surface area (Å²) in [5, 5.41) is 9.57. The third kappa shape index (κ3) is 5.12. The molecule has 0 radical (unpaired) electrons. The van der Waals surface area contributed by atoms with Gasteiger partial charge in [-0.1, -0.05) is 158 Å². The van der Waals surface area contributed by atoms with Crippen LogP contribution >= 0.6 is 0 Å². The van der Waals surface area contributed by atoms with Crippen LogP contribution in [0.25, 0.3) is 121 Å². The van der Waals surface area contributed by atoms with E-state index in [0.717, 1.165) is 60.7 Å². The molecule has 0 atom stereocenters. The lowest BCUT2D eigenvalue weighted by atomic mass is 9.92. The molecule has 13 rings (SSSR count). The fraction of sp³-hybridized carbons (Fsp3) is 0. The van der Waals surface area contributed by atoms with Crippen molar-refractivity contribution in [1.82, 2.24) is 24.1 Å². The average Bonchev–Trinajstić information content (AvgIpc) is 3.87. The van der Waals surface area contributed by atoms with Crippen molar-refractivity contribution in [1.29, 1.82) is 0 Å². The van der Waals surface area contributed by atoms with Crippen LogP contribution in [0, 0.1) is 0 Å². The van der Waals surface area contributed by atoms with Gasteiger partial charge in [0.15, 0.2) is 0 Å². The number of hydrogen-bond donors (Lipinski definition) is 0. The molecule has 0 unspecified atom stereocenters. The lowest BCUT2D eigenvalue weighted by molar-refractivity contribution is 1.01. The maximum Gasteiger partial charge on any atom is 0.235 e. The molecular weight excluding hydrogens is 755 g/mol. The van der Waals surface area contributed by atoms with Gasteiger partial charge in [-0.15, -0.1) is 0 Å². The number of aromatic nitrogens is 5. The van der Waals surface area contributed by atoms with Crippen molar-refractivity contribution in [3.63, 3.8) is 0 Å². The Bertz CT molecular complexity index is 3900. The van der Waals surface area contributed by atoms with Gasteiger partial charge >= 0.3 is 0 Å². The number of fused-ring (bicyclic) bond motifs is 11. The van der Waals surface area contributed by atoms with Crippen LogP contribution in [0.4, 0.5) is 0 Å². The van der Waals surface area contributed by atoms with Crippen LogP contribution in [0.3, 0.4) is 0 Å². The van der Waals surface area contributed by atoms with E-state index < -0.39 is 0 Å². The molecular formula is C57H35N5. The van der Waals surface area contributed by atoms with Crippen molar-refractivity contribution < 1.29 is 0 Å². The van der Waals surface area contributed by atoms with Crippen LogP contribution in [-0.4, -0.2) is 24.1 Å². The van der Waals surface area contributed by atoms with Crippen LogP contribution in [0.5, 0.6) is 0 Å². The highest BCUT2D eigenvalue weighted by Crippen LogP contribution is 2.44. The lowest BCUT2D eigenvalue weighted by Gasteiger charge is -2.14. The Morgan fingerprint density at radius 1 is 0.339 bits per heavy atom. The molecule has 0 spiro atoms. The Morgan fingerprint density at radius 3 is 1.42 bits per heavy atom. The smallest absolute Gasteiger partial charge is 0.235 e. The first-order chi connectivity index (χ1) is 30.8. The summed E-state index contributed by atoms with van der Waals surface area (Å²) in [6, 6.07) is 73.9. The fourth-order valence-electron chi connectivity index (χ4n) is 9.86. The third-order valence-corrected chi connectivity index (χ3v) is 12.6. The molecule has 0 saturated carbocycles. The summed E-state index contributed by atoms with van der Waals surface area (Å²) in [5.74, 6) is 0.619. The molecule has 4 aromatic heterocycles. The molecule has 0 bridgehead atoms. The number of rotatable bonds is 5. The van der Waals surface area contributed by atoms with E-state index in [0.29, 0.717) is 5.95 Å². The van der Waals surface area contributed by atoms with Crippen LogP contribution in [0.1, 0.15) is 0 Å². The first-order valence-electron chi connectivity index (χ1n) is 21.0. The fourth-order valence-corrected chi connectivity index (χ4v) is 9.86. The maximum absolute atomic E-state index is 5.30. The summed E-state index contributed by atoms with van der Waals surface area (Å²) < 4.78 is 4.67. The van der Waals surface area contributed by atoms with E-state index in [1.54, 1.807) is 0 Å². The van der Waals surface area contributed by atoms with Gasteiger partial charge in [0.05, 0.1) is 27.6 Å². The highest BCUT2D eigenvalue weighted by molar-refractivity contribution is 6.23. The van der Waals surface area contributed by atoms with E-state index in [1.807, 2.05) is 36.5 Å². The van der Waals surface area contributed by atoms with Gasteiger partial charge in [-0.2, -0.15) is 0 Å². The lowest BCUT2D eigenvalue weighted by Crippen LogP contribution is -2.04. The van der Waals surface area contributed by atoms with E-state index in [2.05, 4.69) is 185 Å². The van der Waals surface area contributed by atoms with E-state index >= 15 is 0 Å². The van der Waals surface area contributed by atoms with Crippen molar-refractivity contribution in [3.8, 4) is 45.1 Å². The Balaban J connectivity index is 1.01. The van der Waals surface area contributed by atoms with Crippen LogP contribution in [0.2, 0.25) is 0 Å². The number of hydrogen-bond acceptors (Lipinski definition) is 3. The van der Waals surface area contributed by atoms with Gasteiger partial charge in [0.25, 0.3) is 0 Å². The molecule has 62 heavy (non-hydrogen) atoms. The molecule has 0 amide bonds. The Hall–Kier alpha value is -8.41. The number of nitrogens with zero attached hydrogens (tertiary/aromatic N) is 5. The van der Waals surface area contributed by atoms with Gasteiger partial charge in [0, 0.05) is 49.8 Å². The molecule has 4 heterocycles. The molecule has 5 heteroatoms. The van der Waals surface area contributed by atoms with Crippen molar-refractivity contribution in [2.24, 2.45) is 0 Å². The van der Waals surface area contributed by atoms with Crippen LogP contribution in [-0.2, 0) is 0 Å². The molecule has 0 N–H and O–H groups in total. The molecule has 5 nitrogen and oxygen atoms in total. The van der Waals surface area contributed by atoms with Crippen LogP contribution < -0.4 is 0 Å². The van der Waals surface area contributed by atoms with E-state index in [1.165, 1.54) is 54.7 Å². The van der Waals surface area contributed by atoms with E-state index in [4.69, 9.17) is 15.0 Å². The monoisotopic (exact) mass is 789 g/mol. The SMILES string of the molecule is c1ccc(-c2nc(-n3c4ccccc4c4cc(-c5ccc(-c6cc7c8ccccc8n(-c8ccccc8)c7c7ccccc67)cc5)c5ccccc5c43)nc3cccnc23)cc1. The summed E-state index contributed by atoms with van der Waals surface area (Å²) in [6.07, 6.45) is 1.81. The molecule has 0 fully saturated rings. The van der Waals surface area contributed by atoms with Crippen molar-refractivity contribution >= 4 is 76.2 Å². The summed E-state index contributed by atoms with van der Waals surface area (Å²) in [5.41, 5.74) is 13.9. The Kier molecular flexibility index (Phi) is 7.54. The largest absolute Gasteiger partial charge is 0.309 e. The van der Waals surface area contributed by atoms with Gasteiger partial charge < -0.3 is 4.57 Å². The standard InChI is InChI=1S/C57H35N5/c1-3-16-38(17-4-1)53-54-50(26-15-33-58-54)59-57(60-53)62-52-28-14-12-23-43(52)49-35-47(41-21-8-10-25-45(41)56(49)62)37-31-29-36(30-32-37)46-34-48-42-22-11-13-27-51(42)61(39-18-5-2-6-19-39)55(48)44-24-9-7-20-40(44)46/h1-35H. The number of benzene rings is 9. The average molecular weight is 790 g/mol. The topological polar surface area (TPSA) is 48.5 Å². The zero-order valence-electron chi connectivity index (χ0n) is 33.4. The maximum atomic E-state index is 5.30. The van der Waals surface area contributed by atoms with Gasteiger partial charge in [-0.05, 0) is 81.6 Å². The predicted molar refractivity (Wildman–Crippen MR) is 257 cm³/mol. The molecule has 288 valence electrons. The predicted octanol–water partition coefficient (Wildman–Crippen LogP) is 14.5. The summed E-state index contributed by atoms with van der Waals surface area (Å²) in [7, 11) is 0. The molecule has 9 aromatic carbocycles. The first-order valence-corrected chi connectivity index (χ1v) is 21.0. The van der Waals surface area contributed by atoms with Crippen molar-refractivity contribution in [3.05, 3.63) is 212 Å². The first kappa shape index (κ1) is 34.5. The molecule has 0 saturated heterocycles. The molecule has 0 aliphatic heterocycles. The Morgan fingerprint density at radius 2 is 0.823 bits per heavy atom. The minimum absolute atomic E-state index is 0.619. The summed E-state index contributed by atoms with van der Waals surface area (Å²) in [6.45, 7) is 0. The van der Waals surface area contributed by atoms with E-state index in [9.17, 15) is 0 Å². The summed E-state index contributed by atoms with van der Waals surface area (Å²) in [4.78, 5) is 15.2. The minimum Gasteiger partial charge on any atom is -0.309 e. The zero-order chi connectivity index (χ0) is 40.7. The van der Waals surface area contributed by atoms with Crippen LogP contribution in [0.15, 0.2) is 212 Å². The quantitative estimate of drug-likeness (QED) is 0.174. The highest BCUT2D eigenvalue weighted by atomic mass is 15.2. The second-order valence-electron chi connectivity index (χ2n) is 16.0. The van der Waals surface area contributed by atoms with Crippen molar-refractivity contribution in [2.45, 2.75) is 0 Å². The van der Waals surface area contributed by atoms with E-state index in [-0.39, 0.29) is 0 Å². The summed E-state index contributed by atoms with van der Waals surface area (Å²) >= 11 is 0. The normalized spacial score (nSPS) is 11.9. The number of para-hydroxylation sites is 3. The third-order valence-electron chi connectivity index (χ3n) is 12.6. The zero-order valence-corrected chi connectivity index (χ0v) is 33.4. The molecule has 0 aliphatic carbocycles. The van der Waals surface area contributed by atoms with Gasteiger partial charge in [0.1, 0.15) is 11.2 Å². The number of pyridine rings is 1. The van der Waals surface area contributed by atoms with Gasteiger partial charge in [-0.3, -0.25) is 9.55 Å². The molecule has 13 aromatic rings. The highest BCUT2D eigenvalue weighted by Gasteiger charge is 2.22. The minimum atomic E-state index is 0.619. The second kappa shape index (κ2) is 13.6. The van der Waals surface area contributed by atoms with Crippen molar-refractivity contribution in [2.75, 3.05) is 0 Å². The van der Waals surface area contributed by atoms with Gasteiger partial charge in [0.2, 0.25) is 5.95 Å². The van der Waals surface area contributed by atoms with Gasteiger partial charge in [-0.25, -0.2) is 9.97 Å². The Labute approximate surface area is 356 Å².